The normalized spacial score (nSPS) is 10.8. The predicted octanol–water partition coefficient (Wildman–Crippen LogP) is 4.65. The van der Waals surface area contributed by atoms with Gasteiger partial charge in [-0.15, -0.1) is 11.3 Å². The zero-order chi connectivity index (χ0) is 12.4. The van der Waals surface area contributed by atoms with Crippen LogP contribution in [0.2, 0.25) is 10.0 Å². The third-order valence-electron chi connectivity index (χ3n) is 2.35. The number of hydrogen-bond donors (Lipinski definition) is 1. The van der Waals surface area contributed by atoms with Gasteiger partial charge < -0.3 is 5.73 Å². The second-order valence-corrected chi connectivity index (χ2v) is 5.63. The summed E-state index contributed by atoms with van der Waals surface area (Å²) in [5, 5.41) is 2.85. The van der Waals surface area contributed by atoms with Gasteiger partial charge in [0, 0.05) is 5.56 Å². The first-order valence-electron chi connectivity index (χ1n) is 5.32. The summed E-state index contributed by atoms with van der Waals surface area (Å²) in [5.41, 5.74) is 7.69. The third-order valence-corrected chi connectivity index (χ3v) is 4.04. The maximum absolute atomic E-state index is 5.99. The molecule has 0 radical (unpaired) electrons. The Labute approximate surface area is 114 Å². The molecular formula is C12H12Cl2N2S. The zero-order valence-corrected chi connectivity index (χ0v) is 11.7. The highest BCUT2D eigenvalue weighted by atomic mass is 35.5. The summed E-state index contributed by atoms with van der Waals surface area (Å²) in [7, 11) is 0. The first-order valence-corrected chi connectivity index (χ1v) is 6.89. The number of benzene rings is 1. The zero-order valence-electron chi connectivity index (χ0n) is 9.34. The minimum Gasteiger partial charge on any atom is -0.389 e. The molecule has 1 aromatic carbocycles. The number of anilines is 1. The molecule has 0 bridgehead atoms. The van der Waals surface area contributed by atoms with Crippen molar-refractivity contribution in [1.82, 2.24) is 4.98 Å². The lowest BCUT2D eigenvalue weighted by Crippen LogP contribution is -1.86. The van der Waals surface area contributed by atoms with Crippen LogP contribution < -0.4 is 5.73 Å². The van der Waals surface area contributed by atoms with E-state index in [0.29, 0.717) is 10.0 Å². The summed E-state index contributed by atoms with van der Waals surface area (Å²) in [4.78, 5) is 4.53. The Morgan fingerprint density at radius 1 is 1.29 bits per heavy atom. The molecule has 0 amide bonds. The van der Waals surface area contributed by atoms with Crippen LogP contribution in [-0.2, 0) is 6.42 Å². The van der Waals surface area contributed by atoms with Gasteiger partial charge in [0.25, 0.3) is 0 Å². The van der Waals surface area contributed by atoms with E-state index < -0.39 is 0 Å². The highest BCUT2D eigenvalue weighted by Gasteiger charge is 2.11. The molecule has 0 aliphatic rings. The van der Waals surface area contributed by atoms with Crippen LogP contribution in [0.15, 0.2) is 18.2 Å². The highest BCUT2D eigenvalue weighted by Crippen LogP contribution is 2.34. The van der Waals surface area contributed by atoms with Gasteiger partial charge in [-0.2, -0.15) is 0 Å². The van der Waals surface area contributed by atoms with Gasteiger partial charge in [-0.25, -0.2) is 4.98 Å². The van der Waals surface area contributed by atoms with E-state index in [-0.39, 0.29) is 0 Å². The Morgan fingerprint density at radius 2 is 2.06 bits per heavy atom. The smallest absolute Gasteiger partial charge is 0.114 e. The van der Waals surface area contributed by atoms with Gasteiger partial charge in [-0.05, 0) is 25.0 Å². The van der Waals surface area contributed by atoms with E-state index in [1.165, 1.54) is 11.3 Å². The number of aryl methyl sites for hydroxylation is 1. The Bertz CT molecular complexity index is 537. The van der Waals surface area contributed by atoms with Crippen molar-refractivity contribution in [2.45, 2.75) is 19.8 Å². The molecule has 0 saturated carbocycles. The molecule has 17 heavy (non-hydrogen) atoms. The fourth-order valence-electron chi connectivity index (χ4n) is 1.55. The quantitative estimate of drug-likeness (QED) is 0.892. The van der Waals surface area contributed by atoms with Crippen molar-refractivity contribution in [2.75, 3.05) is 5.73 Å². The van der Waals surface area contributed by atoms with Crippen molar-refractivity contribution < 1.29 is 0 Å². The van der Waals surface area contributed by atoms with Gasteiger partial charge in [0.05, 0.1) is 15.1 Å². The number of rotatable bonds is 3. The lowest BCUT2D eigenvalue weighted by Gasteiger charge is -2.00. The number of nitrogens with two attached hydrogens (primary N) is 1. The van der Waals surface area contributed by atoms with E-state index in [1.54, 1.807) is 12.1 Å². The van der Waals surface area contributed by atoms with E-state index in [1.807, 2.05) is 6.07 Å². The highest BCUT2D eigenvalue weighted by molar-refractivity contribution is 7.16. The molecule has 0 saturated heterocycles. The lowest BCUT2D eigenvalue weighted by molar-refractivity contribution is 0.910. The molecule has 5 heteroatoms. The van der Waals surface area contributed by atoms with Crippen LogP contribution in [0.25, 0.3) is 11.3 Å². The maximum atomic E-state index is 5.99. The van der Waals surface area contributed by atoms with Crippen molar-refractivity contribution in [1.29, 1.82) is 0 Å². The third kappa shape index (κ3) is 2.73. The van der Waals surface area contributed by atoms with E-state index in [0.717, 1.165) is 34.1 Å². The van der Waals surface area contributed by atoms with Crippen molar-refractivity contribution >= 4 is 39.5 Å². The molecule has 1 heterocycles. The van der Waals surface area contributed by atoms with Crippen molar-refractivity contribution in [3.8, 4) is 11.3 Å². The van der Waals surface area contributed by atoms with Crippen molar-refractivity contribution in [3.05, 3.63) is 33.3 Å². The number of aromatic nitrogens is 1. The molecule has 2 N–H and O–H groups in total. The molecule has 0 aliphatic heterocycles. The van der Waals surface area contributed by atoms with Crippen LogP contribution in [0.4, 0.5) is 5.00 Å². The van der Waals surface area contributed by atoms with Crippen LogP contribution in [0.3, 0.4) is 0 Å². The standard InChI is InChI=1S/C12H12Cl2N2S/c1-2-3-10-16-11(12(15)17-10)7-4-5-8(13)9(14)6-7/h4-6H,2-3,15H2,1H3. The fraction of sp³-hybridized carbons (Fsp3) is 0.250. The van der Waals surface area contributed by atoms with Gasteiger partial charge >= 0.3 is 0 Å². The van der Waals surface area contributed by atoms with Crippen LogP contribution in [0.1, 0.15) is 18.4 Å². The first kappa shape index (κ1) is 12.7. The Hall–Kier alpha value is -0.770. The second kappa shape index (κ2) is 5.25. The second-order valence-electron chi connectivity index (χ2n) is 3.70. The van der Waals surface area contributed by atoms with Crippen LogP contribution in [0, 0.1) is 0 Å². The van der Waals surface area contributed by atoms with Gasteiger partial charge in [0.15, 0.2) is 0 Å². The lowest BCUT2D eigenvalue weighted by atomic mass is 10.1. The van der Waals surface area contributed by atoms with Gasteiger partial charge in [0.1, 0.15) is 10.7 Å². The number of halogens is 2. The Kier molecular flexibility index (Phi) is 3.92. The molecule has 2 aromatic rings. The van der Waals surface area contributed by atoms with Crippen LogP contribution in [-0.4, -0.2) is 4.98 Å². The summed E-state index contributed by atoms with van der Waals surface area (Å²) in [6, 6.07) is 5.44. The van der Waals surface area contributed by atoms with Gasteiger partial charge in [-0.3, -0.25) is 0 Å². The van der Waals surface area contributed by atoms with Crippen LogP contribution >= 0.6 is 34.5 Å². The minimum atomic E-state index is 0.522. The molecule has 0 fully saturated rings. The molecule has 0 aliphatic carbocycles. The van der Waals surface area contributed by atoms with Crippen LogP contribution in [0.5, 0.6) is 0 Å². The molecule has 2 rings (SSSR count). The summed E-state index contributed by atoms with van der Waals surface area (Å²) >= 11 is 13.4. The van der Waals surface area contributed by atoms with E-state index in [2.05, 4.69) is 11.9 Å². The number of nitrogen functional groups attached to an aromatic ring is 1. The van der Waals surface area contributed by atoms with E-state index in [4.69, 9.17) is 28.9 Å². The summed E-state index contributed by atoms with van der Waals surface area (Å²) in [6.45, 7) is 2.12. The molecule has 0 atom stereocenters. The van der Waals surface area contributed by atoms with Crippen molar-refractivity contribution in [3.63, 3.8) is 0 Å². The largest absolute Gasteiger partial charge is 0.389 e. The van der Waals surface area contributed by atoms with Crippen molar-refractivity contribution in [2.24, 2.45) is 0 Å². The van der Waals surface area contributed by atoms with E-state index in [9.17, 15) is 0 Å². The number of nitrogens with zero attached hydrogens (tertiary/aromatic N) is 1. The summed E-state index contributed by atoms with van der Waals surface area (Å²) in [6.07, 6.45) is 2.02. The Morgan fingerprint density at radius 3 is 2.71 bits per heavy atom. The molecule has 90 valence electrons. The minimum absolute atomic E-state index is 0.522. The SMILES string of the molecule is CCCc1nc(-c2ccc(Cl)c(Cl)c2)c(N)s1. The monoisotopic (exact) mass is 286 g/mol. The summed E-state index contributed by atoms with van der Waals surface area (Å²) in [5.74, 6) is 0. The summed E-state index contributed by atoms with van der Waals surface area (Å²) < 4.78 is 0. The van der Waals surface area contributed by atoms with Gasteiger partial charge in [-0.1, -0.05) is 36.2 Å². The number of hydrogen-bond acceptors (Lipinski definition) is 3. The topological polar surface area (TPSA) is 38.9 Å². The maximum Gasteiger partial charge on any atom is 0.114 e. The molecule has 0 spiro atoms. The van der Waals surface area contributed by atoms with E-state index >= 15 is 0 Å². The molecule has 2 nitrogen and oxygen atoms in total. The molecular weight excluding hydrogens is 275 g/mol. The fourth-order valence-corrected chi connectivity index (χ4v) is 2.80. The number of thiazole rings is 1. The molecule has 0 unspecified atom stereocenters. The average molecular weight is 287 g/mol. The van der Waals surface area contributed by atoms with Gasteiger partial charge in [0.2, 0.25) is 0 Å². The molecule has 1 aromatic heterocycles. The average Bonchev–Trinajstić information content (AvgIpc) is 2.64. The predicted molar refractivity (Wildman–Crippen MR) is 76.0 cm³/mol. The first-order chi connectivity index (χ1) is 8.11. The Balaban J connectivity index is 2.41.